The maximum atomic E-state index is 12.7. The predicted octanol–water partition coefficient (Wildman–Crippen LogP) is 2.66. The van der Waals surface area contributed by atoms with Gasteiger partial charge in [0.25, 0.3) is 0 Å². The maximum absolute atomic E-state index is 12.7. The number of carbonyl (C=O) groups excluding carboxylic acids is 1. The van der Waals surface area contributed by atoms with Crippen molar-refractivity contribution in [1.82, 2.24) is 19.8 Å². The van der Waals surface area contributed by atoms with E-state index in [2.05, 4.69) is 31.9 Å². The van der Waals surface area contributed by atoms with Gasteiger partial charge in [-0.15, -0.1) is 0 Å². The number of hydrogen-bond donors (Lipinski definition) is 0. The van der Waals surface area contributed by atoms with Crippen molar-refractivity contribution < 1.29 is 4.79 Å². The first kappa shape index (κ1) is 19.2. The smallest absolute Gasteiger partial charge is 0.236 e. The minimum absolute atomic E-state index is 0.248. The van der Waals surface area contributed by atoms with Crippen LogP contribution in [0.2, 0.25) is 5.02 Å². The van der Waals surface area contributed by atoms with Crippen LogP contribution in [0.25, 0.3) is 0 Å². The molecule has 4 rings (SSSR count). The summed E-state index contributed by atoms with van der Waals surface area (Å²) in [5, 5.41) is 0.789. The lowest BCUT2D eigenvalue weighted by atomic mass is 9.89. The van der Waals surface area contributed by atoms with E-state index in [9.17, 15) is 4.79 Å². The second-order valence-corrected chi connectivity index (χ2v) is 7.97. The number of amides is 1. The van der Waals surface area contributed by atoms with Crippen molar-refractivity contribution in [1.29, 1.82) is 0 Å². The summed E-state index contributed by atoms with van der Waals surface area (Å²) >= 11 is 6.12. The van der Waals surface area contributed by atoms with Gasteiger partial charge < -0.3 is 9.80 Å². The molecule has 0 unspecified atom stereocenters. The summed E-state index contributed by atoms with van der Waals surface area (Å²) in [6, 6.07) is 8.12. The van der Waals surface area contributed by atoms with Crippen LogP contribution in [-0.2, 0) is 4.79 Å². The first-order chi connectivity index (χ1) is 13.7. The third-order valence-corrected chi connectivity index (χ3v) is 6.01. The summed E-state index contributed by atoms with van der Waals surface area (Å²) in [7, 11) is 0. The summed E-state index contributed by atoms with van der Waals surface area (Å²) in [6.07, 6.45) is 7.22. The van der Waals surface area contributed by atoms with Gasteiger partial charge in [0.05, 0.1) is 12.7 Å². The number of halogens is 1. The van der Waals surface area contributed by atoms with Gasteiger partial charge in [0.15, 0.2) is 0 Å². The molecule has 0 radical (unpaired) electrons. The number of aromatic nitrogens is 2. The Balaban J connectivity index is 1.23. The highest BCUT2D eigenvalue weighted by molar-refractivity contribution is 6.30. The molecule has 0 aliphatic carbocycles. The molecule has 28 heavy (non-hydrogen) atoms. The summed E-state index contributed by atoms with van der Waals surface area (Å²) in [4.78, 5) is 27.7. The van der Waals surface area contributed by atoms with Crippen molar-refractivity contribution in [3.8, 4) is 0 Å². The van der Waals surface area contributed by atoms with Crippen molar-refractivity contribution in [3.05, 3.63) is 53.4 Å². The lowest BCUT2D eigenvalue weighted by Gasteiger charge is -2.37. The van der Waals surface area contributed by atoms with Crippen LogP contribution in [-0.4, -0.2) is 71.5 Å². The molecular formula is C21H26ClN5O. The molecule has 0 atom stereocenters. The van der Waals surface area contributed by atoms with E-state index in [4.69, 9.17) is 11.6 Å². The fraction of sp³-hybridized carbons (Fsp3) is 0.476. The zero-order chi connectivity index (χ0) is 19.3. The standard InChI is InChI=1S/C21H26ClN5O/c22-19-3-1-2-18(14-19)17-4-8-27(9-5-17)21(28)16-25-10-12-26(13-11-25)20-15-23-6-7-24-20/h1-3,6-7,14-15,17H,4-5,8-13,16H2. The highest BCUT2D eigenvalue weighted by atomic mass is 35.5. The summed E-state index contributed by atoms with van der Waals surface area (Å²) in [6.45, 7) is 5.68. The number of nitrogens with zero attached hydrogens (tertiary/aromatic N) is 5. The number of piperidine rings is 1. The van der Waals surface area contributed by atoms with E-state index in [1.807, 2.05) is 17.0 Å². The van der Waals surface area contributed by atoms with Crippen LogP contribution in [0.1, 0.15) is 24.3 Å². The van der Waals surface area contributed by atoms with Crippen LogP contribution < -0.4 is 4.90 Å². The molecule has 0 N–H and O–H groups in total. The molecule has 0 saturated carbocycles. The Labute approximate surface area is 171 Å². The van der Waals surface area contributed by atoms with Crippen LogP contribution in [0.15, 0.2) is 42.9 Å². The number of hydrogen-bond acceptors (Lipinski definition) is 5. The van der Waals surface area contributed by atoms with Crippen molar-refractivity contribution in [2.45, 2.75) is 18.8 Å². The lowest BCUT2D eigenvalue weighted by molar-refractivity contribution is -0.133. The molecule has 1 aromatic carbocycles. The molecule has 1 amide bonds. The minimum Gasteiger partial charge on any atom is -0.353 e. The molecule has 3 heterocycles. The molecular weight excluding hydrogens is 374 g/mol. The zero-order valence-corrected chi connectivity index (χ0v) is 16.8. The van der Waals surface area contributed by atoms with E-state index in [0.717, 1.165) is 63.0 Å². The van der Waals surface area contributed by atoms with Gasteiger partial charge in [-0.1, -0.05) is 23.7 Å². The second kappa shape index (κ2) is 8.88. The van der Waals surface area contributed by atoms with Crippen LogP contribution >= 0.6 is 11.6 Å². The van der Waals surface area contributed by atoms with Gasteiger partial charge in [-0.25, -0.2) is 4.98 Å². The molecule has 2 saturated heterocycles. The second-order valence-electron chi connectivity index (χ2n) is 7.54. The Hall–Kier alpha value is -2.18. The number of likely N-dealkylation sites (tertiary alicyclic amines) is 1. The van der Waals surface area contributed by atoms with Gasteiger partial charge in [-0.05, 0) is 36.5 Å². The molecule has 148 valence electrons. The normalized spacial score (nSPS) is 19.0. The number of benzene rings is 1. The van der Waals surface area contributed by atoms with E-state index in [0.29, 0.717) is 12.5 Å². The van der Waals surface area contributed by atoms with Crippen molar-refractivity contribution in [2.75, 3.05) is 50.7 Å². The van der Waals surface area contributed by atoms with Crippen LogP contribution in [0, 0.1) is 0 Å². The van der Waals surface area contributed by atoms with Crippen LogP contribution in [0.4, 0.5) is 5.82 Å². The zero-order valence-electron chi connectivity index (χ0n) is 16.0. The van der Waals surface area contributed by atoms with Gasteiger partial charge in [0.1, 0.15) is 5.82 Å². The Kier molecular flexibility index (Phi) is 6.07. The molecule has 2 fully saturated rings. The average molecular weight is 400 g/mol. The predicted molar refractivity (Wildman–Crippen MR) is 111 cm³/mol. The van der Waals surface area contributed by atoms with E-state index in [1.54, 1.807) is 18.6 Å². The van der Waals surface area contributed by atoms with Gasteiger partial charge >= 0.3 is 0 Å². The van der Waals surface area contributed by atoms with Crippen LogP contribution in [0.5, 0.6) is 0 Å². The van der Waals surface area contributed by atoms with Gasteiger partial charge in [0, 0.05) is 56.7 Å². The van der Waals surface area contributed by atoms with Gasteiger partial charge in [-0.3, -0.25) is 14.7 Å². The number of piperazine rings is 1. The summed E-state index contributed by atoms with van der Waals surface area (Å²) < 4.78 is 0. The van der Waals surface area contributed by atoms with Crippen molar-refractivity contribution in [3.63, 3.8) is 0 Å². The Bertz CT molecular complexity index is 786. The third-order valence-electron chi connectivity index (χ3n) is 5.77. The van der Waals surface area contributed by atoms with Gasteiger partial charge in [0.2, 0.25) is 5.91 Å². The maximum Gasteiger partial charge on any atom is 0.236 e. The molecule has 2 aromatic rings. The molecule has 2 aliphatic rings. The number of carbonyl (C=O) groups is 1. The molecule has 6 nitrogen and oxygen atoms in total. The van der Waals surface area contributed by atoms with Crippen molar-refractivity contribution in [2.24, 2.45) is 0 Å². The minimum atomic E-state index is 0.248. The van der Waals surface area contributed by atoms with Gasteiger partial charge in [-0.2, -0.15) is 0 Å². The monoisotopic (exact) mass is 399 g/mol. The first-order valence-electron chi connectivity index (χ1n) is 9.95. The molecule has 7 heteroatoms. The summed E-state index contributed by atoms with van der Waals surface area (Å²) in [5.41, 5.74) is 1.29. The van der Waals surface area contributed by atoms with Crippen LogP contribution in [0.3, 0.4) is 0 Å². The van der Waals surface area contributed by atoms with E-state index >= 15 is 0 Å². The fourth-order valence-electron chi connectivity index (χ4n) is 4.10. The fourth-order valence-corrected chi connectivity index (χ4v) is 4.30. The molecule has 1 aromatic heterocycles. The van der Waals surface area contributed by atoms with E-state index in [-0.39, 0.29) is 5.91 Å². The largest absolute Gasteiger partial charge is 0.353 e. The highest BCUT2D eigenvalue weighted by Crippen LogP contribution is 2.29. The highest BCUT2D eigenvalue weighted by Gasteiger charge is 2.26. The first-order valence-corrected chi connectivity index (χ1v) is 10.3. The molecule has 0 spiro atoms. The number of rotatable bonds is 4. The number of anilines is 1. The Morgan fingerprint density at radius 1 is 1.07 bits per heavy atom. The molecule has 0 bridgehead atoms. The SMILES string of the molecule is O=C(CN1CCN(c2cnccn2)CC1)N1CCC(c2cccc(Cl)c2)CC1. The Morgan fingerprint density at radius 2 is 1.86 bits per heavy atom. The average Bonchev–Trinajstić information content (AvgIpc) is 2.75. The van der Waals surface area contributed by atoms with E-state index in [1.165, 1.54) is 5.56 Å². The van der Waals surface area contributed by atoms with E-state index < -0.39 is 0 Å². The summed E-state index contributed by atoms with van der Waals surface area (Å²) in [5.74, 6) is 1.66. The topological polar surface area (TPSA) is 52.6 Å². The lowest BCUT2D eigenvalue weighted by Crippen LogP contribution is -2.51. The van der Waals surface area contributed by atoms with Crippen molar-refractivity contribution >= 4 is 23.3 Å². The Morgan fingerprint density at radius 3 is 2.54 bits per heavy atom. The third kappa shape index (κ3) is 4.62. The molecule has 2 aliphatic heterocycles. The quantitative estimate of drug-likeness (QED) is 0.791.